The lowest BCUT2D eigenvalue weighted by Gasteiger charge is -2.24. The average Bonchev–Trinajstić information content (AvgIpc) is 3.12. The second-order valence-electron chi connectivity index (χ2n) is 5.84. The molecule has 2 atom stereocenters. The molecule has 1 aromatic rings. The number of non-ortho nitro benzene ring substituents is 1. The van der Waals surface area contributed by atoms with Crippen molar-refractivity contribution in [2.45, 2.75) is 25.7 Å². The Morgan fingerprint density at radius 3 is 2.86 bits per heavy atom. The SMILES string of the molecule is Cl.NC[C@H]1CCC[C@H]1C(=O)N1CCc2ccc([N+](=O)[O-])cc21. The van der Waals surface area contributed by atoms with E-state index in [1.54, 1.807) is 11.0 Å². The van der Waals surface area contributed by atoms with E-state index in [-0.39, 0.29) is 35.8 Å². The number of nitrogens with zero attached hydrogens (tertiary/aromatic N) is 2. The van der Waals surface area contributed by atoms with Crippen LogP contribution in [0.2, 0.25) is 0 Å². The second-order valence-corrected chi connectivity index (χ2v) is 5.84. The highest BCUT2D eigenvalue weighted by molar-refractivity contribution is 5.97. The smallest absolute Gasteiger partial charge is 0.271 e. The van der Waals surface area contributed by atoms with Crippen LogP contribution in [0.3, 0.4) is 0 Å². The summed E-state index contributed by atoms with van der Waals surface area (Å²) in [5, 5.41) is 10.9. The van der Waals surface area contributed by atoms with Crippen LogP contribution in [0.5, 0.6) is 0 Å². The lowest BCUT2D eigenvalue weighted by atomic mass is 9.94. The van der Waals surface area contributed by atoms with E-state index in [0.717, 1.165) is 31.2 Å². The van der Waals surface area contributed by atoms with E-state index in [9.17, 15) is 14.9 Å². The number of carbonyl (C=O) groups excluding carboxylic acids is 1. The molecule has 3 rings (SSSR count). The number of halogens is 1. The molecule has 0 unspecified atom stereocenters. The highest BCUT2D eigenvalue weighted by Crippen LogP contribution is 2.37. The Balaban J connectivity index is 0.00000176. The number of rotatable bonds is 3. The van der Waals surface area contributed by atoms with Crippen LogP contribution in [0, 0.1) is 22.0 Å². The van der Waals surface area contributed by atoms with E-state index in [2.05, 4.69) is 0 Å². The molecule has 0 saturated heterocycles. The molecule has 1 amide bonds. The number of fused-ring (bicyclic) bond motifs is 1. The molecule has 0 spiro atoms. The van der Waals surface area contributed by atoms with Crippen LogP contribution < -0.4 is 10.6 Å². The van der Waals surface area contributed by atoms with Gasteiger partial charge in [-0.05, 0) is 37.3 Å². The van der Waals surface area contributed by atoms with Crippen molar-refractivity contribution in [3.63, 3.8) is 0 Å². The van der Waals surface area contributed by atoms with Gasteiger partial charge in [0.25, 0.3) is 5.69 Å². The molecule has 6 nitrogen and oxygen atoms in total. The van der Waals surface area contributed by atoms with Crippen LogP contribution in [-0.4, -0.2) is 23.9 Å². The third-order valence-electron chi connectivity index (χ3n) is 4.72. The maximum absolute atomic E-state index is 12.8. The number of nitro groups is 1. The summed E-state index contributed by atoms with van der Waals surface area (Å²) >= 11 is 0. The van der Waals surface area contributed by atoms with Gasteiger partial charge in [-0.15, -0.1) is 12.4 Å². The summed E-state index contributed by atoms with van der Waals surface area (Å²) in [5.74, 6) is 0.308. The van der Waals surface area contributed by atoms with E-state index in [0.29, 0.717) is 18.8 Å². The highest BCUT2D eigenvalue weighted by Gasteiger charge is 2.37. The maximum atomic E-state index is 12.8. The van der Waals surface area contributed by atoms with Gasteiger partial charge in [0.1, 0.15) is 0 Å². The fraction of sp³-hybridized carbons (Fsp3) is 0.533. The van der Waals surface area contributed by atoms with E-state index in [1.165, 1.54) is 12.1 Å². The lowest BCUT2D eigenvalue weighted by Crippen LogP contribution is -2.38. The number of amides is 1. The van der Waals surface area contributed by atoms with E-state index < -0.39 is 4.92 Å². The first-order valence-electron chi connectivity index (χ1n) is 7.40. The fourth-order valence-electron chi connectivity index (χ4n) is 3.55. The first kappa shape index (κ1) is 16.7. The van der Waals surface area contributed by atoms with Crippen LogP contribution in [0.15, 0.2) is 18.2 Å². The second kappa shape index (κ2) is 6.62. The van der Waals surface area contributed by atoms with Gasteiger partial charge >= 0.3 is 0 Å². The molecular weight excluding hydrogens is 306 g/mol. The van der Waals surface area contributed by atoms with Crippen molar-refractivity contribution < 1.29 is 9.72 Å². The first-order chi connectivity index (χ1) is 10.1. The minimum atomic E-state index is -0.417. The van der Waals surface area contributed by atoms with E-state index in [4.69, 9.17) is 5.73 Å². The molecule has 1 aromatic carbocycles. The number of carbonyl (C=O) groups is 1. The molecule has 1 aliphatic carbocycles. The van der Waals surface area contributed by atoms with Crippen molar-refractivity contribution in [2.75, 3.05) is 18.0 Å². The quantitative estimate of drug-likeness (QED) is 0.682. The molecule has 7 heteroatoms. The normalized spacial score (nSPS) is 23.0. The molecule has 1 aliphatic heterocycles. The fourth-order valence-corrected chi connectivity index (χ4v) is 3.55. The van der Waals surface area contributed by atoms with Gasteiger partial charge in [-0.1, -0.05) is 12.5 Å². The van der Waals surface area contributed by atoms with Crippen molar-refractivity contribution in [3.8, 4) is 0 Å². The minimum absolute atomic E-state index is 0. The predicted molar refractivity (Wildman–Crippen MR) is 86.3 cm³/mol. The number of nitro benzene ring substituents is 1. The van der Waals surface area contributed by atoms with Gasteiger partial charge in [-0.25, -0.2) is 0 Å². The van der Waals surface area contributed by atoms with Crippen LogP contribution in [0.25, 0.3) is 0 Å². The highest BCUT2D eigenvalue weighted by atomic mass is 35.5. The van der Waals surface area contributed by atoms with Gasteiger partial charge in [-0.3, -0.25) is 14.9 Å². The van der Waals surface area contributed by atoms with Gasteiger partial charge in [0.05, 0.1) is 10.6 Å². The average molecular weight is 326 g/mol. The molecule has 120 valence electrons. The molecule has 1 saturated carbocycles. The maximum Gasteiger partial charge on any atom is 0.271 e. The largest absolute Gasteiger partial charge is 0.330 e. The van der Waals surface area contributed by atoms with Crippen molar-refractivity contribution in [1.29, 1.82) is 0 Å². The van der Waals surface area contributed by atoms with Gasteiger partial charge in [0.2, 0.25) is 5.91 Å². The summed E-state index contributed by atoms with van der Waals surface area (Å²) in [6.45, 7) is 1.15. The summed E-state index contributed by atoms with van der Waals surface area (Å²) < 4.78 is 0. The van der Waals surface area contributed by atoms with Crippen molar-refractivity contribution >= 4 is 29.7 Å². The number of nitrogens with two attached hydrogens (primary N) is 1. The zero-order chi connectivity index (χ0) is 15.0. The molecule has 1 fully saturated rings. The zero-order valence-electron chi connectivity index (χ0n) is 12.2. The summed E-state index contributed by atoms with van der Waals surface area (Å²) in [6.07, 6.45) is 3.68. The van der Waals surface area contributed by atoms with Gasteiger partial charge in [-0.2, -0.15) is 0 Å². The summed E-state index contributed by atoms with van der Waals surface area (Å²) in [4.78, 5) is 25.0. The zero-order valence-corrected chi connectivity index (χ0v) is 13.1. The monoisotopic (exact) mass is 325 g/mol. The first-order valence-corrected chi connectivity index (χ1v) is 7.40. The molecule has 0 aromatic heterocycles. The number of hydrogen-bond acceptors (Lipinski definition) is 4. The number of benzene rings is 1. The summed E-state index contributed by atoms with van der Waals surface area (Å²) in [6, 6.07) is 4.79. The van der Waals surface area contributed by atoms with Gasteiger partial charge in [0.15, 0.2) is 0 Å². The molecule has 2 N–H and O–H groups in total. The third-order valence-corrected chi connectivity index (χ3v) is 4.72. The van der Waals surface area contributed by atoms with Gasteiger partial charge in [0, 0.05) is 24.6 Å². The summed E-state index contributed by atoms with van der Waals surface area (Å²) in [7, 11) is 0. The predicted octanol–water partition coefficient (Wildman–Crippen LogP) is 2.28. The molecular formula is C15H20ClN3O3. The third kappa shape index (κ3) is 2.80. The Labute approximate surface area is 135 Å². The van der Waals surface area contributed by atoms with Crippen LogP contribution in [0.4, 0.5) is 11.4 Å². The van der Waals surface area contributed by atoms with Crippen LogP contribution in [-0.2, 0) is 11.2 Å². The van der Waals surface area contributed by atoms with Crippen LogP contribution in [0.1, 0.15) is 24.8 Å². The summed E-state index contributed by atoms with van der Waals surface area (Å²) in [5.41, 5.74) is 7.51. The molecule has 0 radical (unpaired) electrons. The molecule has 22 heavy (non-hydrogen) atoms. The Kier molecular flexibility index (Phi) is 5.03. The molecule has 2 aliphatic rings. The molecule has 1 heterocycles. The van der Waals surface area contributed by atoms with E-state index >= 15 is 0 Å². The Morgan fingerprint density at radius 1 is 1.41 bits per heavy atom. The van der Waals surface area contributed by atoms with Crippen molar-refractivity contribution in [2.24, 2.45) is 17.6 Å². The van der Waals surface area contributed by atoms with Gasteiger partial charge < -0.3 is 10.6 Å². The Morgan fingerprint density at radius 2 is 2.18 bits per heavy atom. The Hall–Kier alpha value is -1.66. The Bertz CT molecular complexity index is 593. The number of hydrogen-bond donors (Lipinski definition) is 1. The van der Waals surface area contributed by atoms with E-state index in [1.807, 2.05) is 0 Å². The van der Waals surface area contributed by atoms with Crippen molar-refractivity contribution in [1.82, 2.24) is 0 Å². The minimum Gasteiger partial charge on any atom is -0.330 e. The topological polar surface area (TPSA) is 89.5 Å². The molecule has 0 bridgehead atoms. The number of anilines is 1. The standard InChI is InChI=1S/C15H19N3O3.ClH/c16-9-11-2-1-3-13(11)15(19)17-7-6-10-4-5-12(18(20)21)8-14(10)17;/h4-5,8,11,13H,1-3,6-7,9,16H2;1H/t11-,13-;/m1./s1. The lowest BCUT2D eigenvalue weighted by molar-refractivity contribution is -0.384. The van der Waals surface area contributed by atoms with Crippen LogP contribution >= 0.6 is 12.4 Å². The van der Waals surface area contributed by atoms with Crippen molar-refractivity contribution in [3.05, 3.63) is 33.9 Å².